The maximum Gasteiger partial charge on any atom is 0.226 e. The van der Waals surface area contributed by atoms with Crippen LogP contribution in [0.15, 0.2) is 0 Å². The Balaban J connectivity index is 0.00000264. The maximum absolute atomic E-state index is 12.9. The van der Waals surface area contributed by atoms with Crippen LogP contribution in [-0.4, -0.2) is 63.1 Å². The Morgan fingerprint density at radius 3 is 2.61 bits per heavy atom. The number of carbonyl (C=O) groups excluding carboxylic acids is 1. The van der Waals surface area contributed by atoms with Crippen molar-refractivity contribution in [3.63, 3.8) is 0 Å². The Labute approximate surface area is 145 Å². The van der Waals surface area contributed by atoms with E-state index in [1.165, 1.54) is 0 Å². The molecular weight excluding hydrogens is 340 g/mol. The topological polar surface area (TPSA) is 89.7 Å². The van der Waals surface area contributed by atoms with E-state index in [0.29, 0.717) is 19.6 Å². The van der Waals surface area contributed by atoms with Gasteiger partial charge in [0.25, 0.3) is 0 Å². The summed E-state index contributed by atoms with van der Waals surface area (Å²) in [6.07, 6.45) is 4.83. The highest BCUT2D eigenvalue weighted by Gasteiger charge is 2.37. The van der Waals surface area contributed by atoms with E-state index in [1.807, 2.05) is 0 Å². The molecule has 0 bridgehead atoms. The summed E-state index contributed by atoms with van der Waals surface area (Å²) >= 11 is 0. The van der Waals surface area contributed by atoms with Gasteiger partial charge in [0.05, 0.1) is 11.5 Å². The van der Waals surface area contributed by atoms with Gasteiger partial charge in [0.2, 0.25) is 5.91 Å². The van der Waals surface area contributed by atoms with Crippen LogP contribution in [0.1, 0.15) is 38.5 Å². The van der Waals surface area contributed by atoms with Gasteiger partial charge < -0.3 is 15.4 Å². The number of hydrogen-bond donors (Lipinski definition) is 1. The van der Waals surface area contributed by atoms with Crippen molar-refractivity contribution in [2.45, 2.75) is 50.6 Å². The molecule has 1 aliphatic carbocycles. The Hall–Kier alpha value is -0.370. The quantitative estimate of drug-likeness (QED) is 0.706. The standard InChI is InChI=1S/C15H28N2O4S.ClH/c1-21-8-3-7-17(14-6-9-22(19,20)11-14)15(18)12-4-2-5-13(16)10-12;/h12-14H,2-11,16H2,1H3;1H. The van der Waals surface area contributed by atoms with Crippen molar-refractivity contribution in [2.75, 3.05) is 31.8 Å². The number of sulfone groups is 1. The Kier molecular flexibility index (Phi) is 8.27. The van der Waals surface area contributed by atoms with Crippen molar-refractivity contribution >= 4 is 28.2 Å². The molecule has 0 aromatic heterocycles. The van der Waals surface area contributed by atoms with Crippen LogP contribution >= 0.6 is 12.4 Å². The van der Waals surface area contributed by atoms with Gasteiger partial charge in [-0.15, -0.1) is 12.4 Å². The van der Waals surface area contributed by atoms with E-state index in [1.54, 1.807) is 12.0 Å². The highest BCUT2D eigenvalue weighted by atomic mass is 35.5. The molecule has 2 N–H and O–H groups in total. The molecule has 1 amide bonds. The fraction of sp³-hybridized carbons (Fsp3) is 0.933. The van der Waals surface area contributed by atoms with Gasteiger partial charge in [-0.2, -0.15) is 0 Å². The zero-order chi connectivity index (χ0) is 16.2. The molecule has 3 unspecified atom stereocenters. The minimum atomic E-state index is -3.00. The van der Waals surface area contributed by atoms with Gasteiger partial charge in [-0.05, 0) is 32.1 Å². The average molecular weight is 369 g/mol. The molecule has 8 heteroatoms. The van der Waals surface area contributed by atoms with E-state index in [-0.39, 0.29) is 47.8 Å². The third kappa shape index (κ3) is 5.89. The predicted molar refractivity (Wildman–Crippen MR) is 92.4 cm³/mol. The molecule has 1 aliphatic heterocycles. The van der Waals surface area contributed by atoms with E-state index in [0.717, 1.165) is 32.1 Å². The van der Waals surface area contributed by atoms with Gasteiger partial charge in [0.15, 0.2) is 9.84 Å². The molecule has 136 valence electrons. The fourth-order valence-corrected chi connectivity index (χ4v) is 5.29. The highest BCUT2D eigenvalue weighted by molar-refractivity contribution is 7.91. The summed E-state index contributed by atoms with van der Waals surface area (Å²) in [7, 11) is -1.36. The third-order valence-electron chi connectivity index (χ3n) is 4.74. The molecule has 0 aromatic carbocycles. The van der Waals surface area contributed by atoms with Crippen molar-refractivity contribution in [2.24, 2.45) is 11.7 Å². The number of nitrogens with zero attached hydrogens (tertiary/aromatic N) is 1. The predicted octanol–water partition coefficient (Wildman–Crippen LogP) is 0.978. The van der Waals surface area contributed by atoms with E-state index in [9.17, 15) is 13.2 Å². The fourth-order valence-electron chi connectivity index (χ4n) is 3.56. The molecule has 1 saturated heterocycles. The number of rotatable bonds is 6. The Morgan fingerprint density at radius 1 is 1.30 bits per heavy atom. The highest BCUT2D eigenvalue weighted by Crippen LogP contribution is 2.28. The molecule has 1 heterocycles. The van der Waals surface area contributed by atoms with Crippen molar-refractivity contribution in [1.82, 2.24) is 4.90 Å². The van der Waals surface area contributed by atoms with Crippen LogP contribution in [0, 0.1) is 5.92 Å². The first-order valence-corrected chi connectivity index (χ1v) is 10.0. The molecule has 3 atom stereocenters. The lowest BCUT2D eigenvalue weighted by Gasteiger charge is -2.34. The summed E-state index contributed by atoms with van der Waals surface area (Å²) in [6, 6.07) is -0.0802. The first-order valence-electron chi connectivity index (χ1n) is 8.18. The van der Waals surface area contributed by atoms with E-state index in [2.05, 4.69) is 0 Å². The minimum absolute atomic E-state index is 0. The van der Waals surface area contributed by atoms with Crippen molar-refractivity contribution in [3.05, 3.63) is 0 Å². The van der Waals surface area contributed by atoms with Crippen molar-refractivity contribution in [3.8, 4) is 0 Å². The summed E-state index contributed by atoms with van der Waals surface area (Å²) < 4.78 is 28.5. The molecular formula is C15H29ClN2O4S. The van der Waals surface area contributed by atoms with E-state index in [4.69, 9.17) is 10.5 Å². The Bertz CT molecular complexity index is 486. The maximum atomic E-state index is 12.9. The Morgan fingerprint density at radius 2 is 2.04 bits per heavy atom. The minimum Gasteiger partial charge on any atom is -0.385 e. The van der Waals surface area contributed by atoms with E-state index >= 15 is 0 Å². The SMILES string of the molecule is COCCCN(C(=O)C1CCCC(N)C1)C1CCS(=O)(=O)C1.Cl. The largest absolute Gasteiger partial charge is 0.385 e. The number of carbonyl (C=O) groups is 1. The van der Waals surface area contributed by atoms with Crippen LogP contribution in [0.5, 0.6) is 0 Å². The van der Waals surface area contributed by atoms with Gasteiger partial charge in [-0.3, -0.25) is 4.79 Å². The van der Waals surface area contributed by atoms with Crippen LogP contribution in [-0.2, 0) is 19.4 Å². The van der Waals surface area contributed by atoms with Crippen LogP contribution in [0.2, 0.25) is 0 Å². The smallest absolute Gasteiger partial charge is 0.226 e. The average Bonchev–Trinajstić information content (AvgIpc) is 2.83. The van der Waals surface area contributed by atoms with Gasteiger partial charge in [-0.1, -0.05) is 6.42 Å². The summed E-state index contributed by atoms with van der Waals surface area (Å²) in [5.41, 5.74) is 5.99. The summed E-state index contributed by atoms with van der Waals surface area (Å²) in [5, 5.41) is 0. The van der Waals surface area contributed by atoms with Gasteiger partial charge in [0, 0.05) is 38.3 Å². The molecule has 0 radical (unpaired) electrons. The van der Waals surface area contributed by atoms with Crippen LogP contribution in [0.4, 0.5) is 0 Å². The molecule has 2 aliphatic rings. The molecule has 6 nitrogen and oxygen atoms in total. The second kappa shape index (κ2) is 9.20. The van der Waals surface area contributed by atoms with Gasteiger partial charge >= 0.3 is 0 Å². The molecule has 2 rings (SSSR count). The van der Waals surface area contributed by atoms with Gasteiger partial charge in [0.1, 0.15) is 0 Å². The van der Waals surface area contributed by atoms with Crippen molar-refractivity contribution < 1.29 is 17.9 Å². The number of hydrogen-bond acceptors (Lipinski definition) is 5. The first-order chi connectivity index (χ1) is 10.4. The number of halogens is 1. The molecule has 23 heavy (non-hydrogen) atoms. The number of methoxy groups -OCH3 is 1. The van der Waals surface area contributed by atoms with Crippen LogP contribution < -0.4 is 5.73 Å². The third-order valence-corrected chi connectivity index (χ3v) is 6.49. The lowest BCUT2D eigenvalue weighted by atomic mass is 9.85. The number of nitrogens with two attached hydrogens (primary N) is 1. The monoisotopic (exact) mass is 368 g/mol. The molecule has 2 fully saturated rings. The van der Waals surface area contributed by atoms with E-state index < -0.39 is 9.84 Å². The van der Waals surface area contributed by atoms with Crippen LogP contribution in [0.25, 0.3) is 0 Å². The summed E-state index contributed by atoms with van der Waals surface area (Å²) in [4.78, 5) is 14.7. The zero-order valence-corrected chi connectivity index (χ0v) is 15.4. The van der Waals surface area contributed by atoms with Gasteiger partial charge in [-0.25, -0.2) is 8.42 Å². The molecule has 0 aromatic rings. The number of ether oxygens (including phenoxy) is 1. The molecule has 0 spiro atoms. The van der Waals surface area contributed by atoms with Crippen LogP contribution in [0.3, 0.4) is 0 Å². The normalized spacial score (nSPS) is 29.7. The lowest BCUT2D eigenvalue weighted by Crippen LogP contribution is -2.47. The number of amides is 1. The second-order valence-electron chi connectivity index (χ2n) is 6.56. The molecule has 1 saturated carbocycles. The summed E-state index contributed by atoms with van der Waals surface area (Å²) in [6.45, 7) is 1.14. The second-order valence-corrected chi connectivity index (χ2v) is 8.79. The van der Waals surface area contributed by atoms with Crippen molar-refractivity contribution in [1.29, 1.82) is 0 Å². The zero-order valence-electron chi connectivity index (χ0n) is 13.8. The summed E-state index contributed by atoms with van der Waals surface area (Å²) in [5.74, 6) is 0.336. The lowest BCUT2D eigenvalue weighted by molar-refractivity contribution is -0.138. The first kappa shape index (κ1) is 20.7.